The van der Waals surface area contributed by atoms with Gasteiger partial charge in [0.05, 0.1) is 23.1 Å². The van der Waals surface area contributed by atoms with Crippen LogP contribution in [-0.2, 0) is 19.1 Å². The summed E-state index contributed by atoms with van der Waals surface area (Å²) in [6.45, 7) is 0.885. The number of carbonyl (C=O) groups excluding carboxylic acids is 5. The molecule has 0 bridgehead atoms. The third kappa shape index (κ3) is 4.59. The number of imide groups is 1. The molecular weight excluding hydrogens is 424 g/mol. The van der Waals surface area contributed by atoms with Gasteiger partial charge in [0.2, 0.25) is 11.8 Å². The van der Waals surface area contributed by atoms with E-state index in [2.05, 4.69) is 5.32 Å². The average Bonchev–Trinajstić information content (AvgIpc) is 3.08. The lowest BCUT2D eigenvalue weighted by molar-refractivity contribution is -0.122. The number of allylic oxidation sites excluding steroid dienone is 2. The number of esters is 1. The third-order valence-electron chi connectivity index (χ3n) is 5.73. The van der Waals surface area contributed by atoms with Crippen LogP contribution in [0.4, 0.5) is 11.4 Å². The predicted octanol–water partition coefficient (Wildman–Crippen LogP) is 3.14. The molecule has 4 rings (SSSR count). The topological polar surface area (TPSA) is 110 Å². The van der Waals surface area contributed by atoms with Crippen LogP contribution in [0, 0.1) is 11.8 Å². The fourth-order valence-corrected chi connectivity index (χ4v) is 4.05. The Morgan fingerprint density at radius 2 is 1.58 bits per heavy atom. The number of anilines is 2. The largest absolute Gasteiger partial charge is 0.452 e. The number of ether oxygens (including phenoxy) is 1. The lowest BCUT2D eigenvalue weighted by Crippen LogP contribution is -2.31. The second kappa shape index (κ2) is 9.20. The monoisotopic (exact) mass is 446 g/mol. The quantitative estimate of drug-likeness (QED) is 0.316. The van der Waals surface area contributed by atoms with Crippen molar-refractivity contribution in [2.45, 2.75) is 19.8 Å². The number of amides is 3. The Bertz CT molecular complexity index is 1160. The number of rotatable bonds is 6. The van der Waals surface area contributed by atoms with Crippen molar-refractivity contribution >= 4 is 40.8 Å². The highest BCUT2D eigenvalue weighted by molar-refractivity contribution is 6.22. The van der Waals surface area contributed by atoms with Crippen LogP contribution in [0.15, 0.2) is 60.7 Å². The normalized spacial score (nSPS) is 19.2. The summed E-state index contributed by atoms with van der Waals surface area (Å²) in [6.07, 6.45) is 4.87. The van der Waals surface area contributed by atoms with Gasteiger partial charge in [-0.2, -0.15) is 0 Å². The molecule has 1 saturated heterocycles. The van der Waals surface area contributed by atoms with E-state index in [-0.39, 0.29) is 35.0 Å². The van der Waals surface area contributed by atoms with E-state index in [1.54, 1.807) is 30.3 Å². The molecule has 33 heavy (non-hydrogen) atoms. The number of Topliss-reactive ketones (excluding diaryl/α,β-unsaturated/α-hetero) is 1. The minimum absolute atomic E-state index is 0.118. The molecule has 2 atom stereocenters. The lowest BCUT2D eigenvalue weighted by atomic mass is 9.85. The Kier molecular flexibility index (Phi) is 6.17. The molecule has 1 heterocycles. The summed E-state index contributed by atoms with van der Waals surface area (Å²) < 4.78 is 5.09. The van der Waals surface area contributed by atoms with Gasteiger partial charge in [-0.15, -0.1) is 0 Å². The van der Waals surface area contributed by atoms with Crippen molar-refractivity contribution in [1.29, 1.82) is 0 Å². The van der Waals surface area contributed by atoms with Crippen molar-refractivity contribution in [3.63, 3.8) is 0 Å². The molecule has 2 aromatic carbocycles. The summed E-state index contributed by atoms with van der Waals surface area (Å²) in [6, 6.07) is 12.5. The van der Waals surface area contributed by atoms with E-state index in [0.29, 0.717) is 29.8 Å². The highest BCUT2D eigenvalue weighted by Crippen LogP contribution is 2.37. The molecule has 2 aliphatic rings. The molecular formula is C25H22N2O6. The van der Waals surface area contributed by atoms with Crippen LogP contribution in [0.25, 0.3) is 0 Å². The third-order valence-corrected chi connectivity index (χ3v) is 5.73. The number of hydrogen-bond acceptors (Lipinski definition) is 6. The van der Waals surface area contributed by atoms with Gasteiger partial charge in [0, 0.05) is 11.3 Å². The fraction of sp³-hybridized carbons (Fsp3) is 0.240. The van der Waals surface area contributed by atoms with Gasteiger partial charge in [0.15, 0.2) is 12.4 Å². The Hall–Kier alpha value is -4.07. The Morgan fingerprint density at radius 1 is 0.939 bits per heavy atom. The number of hydrogen-bond donors (Lipinski definition) is 1. The van der Waals surface area contributed by atoms with Crippen LogP contribution >= 0.6 is 0 Å². The van der Waals surface area contributed by atoms with E-state index in [9.17, 15) is 24.0 Å². The van der Waals surface area contributed by atoms with E-state index in [1.165, 1.54) is 25.1 Å². The zero-order valence-corrected chi connectivity index (χ0v) is 17.9. The van der Waals surface area contributed by atoms with E-state index >= 15 is 0 Å². The van der Waals surface area contributed by atoms with Crippen molar-refractivity contribution in [1.82, 2.24) is 0 Å². The Morgan fingerprint density at radius 3 is 2.24 bits per heavy atom. The maximum absolute atomic E-state index is 12.8. The van der Waals surface area contributed by atoms with Gasteiger partial charge in [-0.05, 0) is 50.1 Å². The van der Waals surface area contributed by atoms with Crippen LogP contribution < -0.4 is 10.2 Å². The first-order chi connectivity index (χ1) is 15.8. The van der Waals surface area contributed by atoms with Gasteiger partial charge < -0.3 is 10.1 Å². The van der Waals surface area contributed by atoms with Crippen molar-refractivity contribution in [3.8, 4) is 0 Å². The molecule has 3 amide bonds. The maximum atomic E-state index is 12.8. The van der Waals surface area contributed by atoms with Gasteiger partial charge in [-0.25, -0.2) is 4.79 Å². The first-order valence-electron chi connectivity index (χ1n) is 10.6. The maximum Gasteiger partial charge on any atom is 0.338 e. The van der Waals surface area contributed by atoms with Gasteiger partial charge in [0.1, 0.15) is 0 Å². The summed E-state index contributed by atoms with van der Waals surface area (Å²) in [7, 11) is 0. The van der Waals surface area contributed by atoms with Crippen LogP contribution in [0.2, 0.25) is 0 Å². The predicted molar refractivity (Wildman–Crippen MR) is 120 cm³/mol. The highest BCUT2D eigenvalue weighted by Gasteiger charge is 2.47. The van der Waals surface area contributed by atoms with Gasteiger partial charge in [-0.3, -0.25) is 24.1 Å². The minimum atomic E-state index is -0.761. The van der Waals surface area contributed by atoms with Crippen molar-refractivity contribution < 1.29 is 28.7 Å². The molecule has 0 unspecified atom stereocenters. The SMILES string of the molecule is CC(=O)c1cccc(NC(=O)COC(=O)c2cccc(N3C(=O)[C@H]4CC=CC[C@@H]4C3=O)c2)c1. The number of ketones is 1. The average molecular weight is 446 g/mol. The van der Waals surface area contributed by atoms with Crippen molar-refractivity contribution in [2.75, 3.05) is 16.8 Å². The molecule has 1 fully saturated rings. The van der Waals surface area contributed by atoms with Crippen molar-refractivity contribution in [3.05, 3.63) is 71.8 Å². The van der Waals surface area contributed by atoms with Crippen LogP contribution in [-0.4, -0.2) is 36.1 Å². The molecule has 1 aliphatic carbocycles. The molecule has 0 aromatic heterocycles. The zero-order chi connectivity index (χ0) is 23.5. The van der Waals surface area contributed by atoms with Gasteiger partial charge >= 0.3 is 5.97 Å². The van der Waals surface area contributed by atoms with E-state index < -0.39 is 18.5 Å². The molecule has 0 spiro atoms. The molecule has 1 N–H and O–H groups in total. The van der Waals surface area contributed by atoms with Crippen LogP contribution in [0.5, 0.6) is 0 Å². The van der Waals surface area contributed by atoms with Crippen LogP contribution in [0.3, 0.4) is 0 Å². The van der Waals surface area contributed by atoms with E-state index in [1.807, 2.05) is 12.2 Å². The number of benzene rings is 2. The molecule has 168 valence electrons. The first kappa shape index (κ1) is 22.1. The fourth-order valence-electron chi connectivity index (χ4n) is 4.05. The summed E-state index contributed by atoms with van der Waals surface area (Å²) >= 11 is 0. The molecule has 8 heteroatoms. The smallest absolute Gasteiger partial charge is 0.338 e. The lowest BCUT2D eigenvalue weighted by Gasteiger charge is -2.15. The summed E-state index contributed by atoms with van der Waals surface area (Å²) in [5.41, 5.74) is 1.28. The summed E-state index contributed by atoms with van der Waals surface area (Å²) in [4.78, 5) is 62.8. The molecule has 0 saturated carbocycles. The number of nitrogens with one attached hydrogen (secondary N) is 1. The van der Waals surface area contributed by atoms with E-state index in [4.69, 9.17) is 4.74 Å². The van der Waals surface area contributed by atoms with Gasteiger partial charge in [0.25, 0.3) is 5.91 Å². The number of nitrogens with zero attached hydrogens (tertiary/aromatic N) is 1. The second-order valence-electron chi connectivity index (χ2n) is 7.98. The van der Waals surface area contributed by atoms with Crippen molar-refractivity contribution in [2.24, 2.45) is 11.8 Å². The molecule has 0 radical (unpaired) electrons. The second-order valence-corrected chi connectivity index (χ2v) is 7.98. The minimum Gasteiger partial charge on any atom is -0.452 e. The van der Waals surface area contributed by atoms with Crippen LogP contribution in [0.1, 0.15) is 40.5 Å². The number of carbonyl (C=O) groups is 5. The number of fused-ring (bicyclic) bond motifs is 1. The molecule has 1 aliphatic heterocycles. The first-order valence-corrected chi connectivity index (χ1v) is 10.6. The Balaban J connectivity index is 1.40. The van der Waals surface area contributed by atoms with Gasteiger partial charge in [-0.1, -0.05) is 30.4 Å². The standard InChI is InChI=1S/C25H22N2O6/c1-15(28)16-6-4-8-18(12-16)26-22(29)14-33-25(32)17-7-5-9-19(13-17)27-23(30)20-10-2-3-11-21(20)24(27)31/h2-9,12-13,20-21H,10-11,14H2,1H3,(H,26,29)/t20-,21-/m0/s1. The summed E-state index contributed by atoms with van der Waals surface area (Å²) in [5, 5.41) is 2.57. The molecule has 8 nitrogen and oxygen atoms in total. The molecule has 2 aromatic rings. The van der Waals surface area contributed by atoms with E-state index in [0.717, 1.165) is 4.90 Å². The Labute approximate surface area is 190 Å². The zero-order valence-electron chi connectivity index (χ0n) is 17.9. The highest BCUT2D eigenvalue weighted by atomic mass is 16.5. The summed E-state index contributed by atoms with van der Waals surface area (Å²) in [5.74, 6) is -2.75.